The molecule has 0 aliphatic carbocycles. The summed E-state index contributed by atoms with van der Waals surface area (Å²) < 4.78 is 5.27. The minimum Gasteiger partial charge on any atom is -0.507 e. The van der Waals surface area contributed by atoms with Gasteiger partial charge in [0.05, 0.1) is 11.1 Å². The van der Waals surface area contributed by atoms with Gasteiger partial charge in [-0.15, -0.1) is 0 Å². The van der Waals surface area contributed by atoms with Crippen LogP contribution in [-0.2, 0) is 16.0 Å². The van der Waals surface area contributed by atoms with Crippen LogP contribution in [0.25, 0.3) is 0 Å². The van der Waals surface area contributed by atoms with Crippen molar-refractivity contribution in [2.45, 2.75) is 38.4 Å². The summed E-state index contributed by atoms with van der Waals surface area (Å²) in [5, 5.41) is 29.4. The van der Waals surface area contributed by atoms with E-state index in [1.54, 1.807) is 19.1 Å². The Morgan fingerprint density at radius 2 is 1.88 bits per heavy atom. The van der Waals surface area contributed by atoms with E-state index in [1.165, 1.54) is 12.2 Å². The molecule has 2 rings (SSSR count). The highest BCUT2D eigenvalue weighted by Gasteiger charge is 2.25. The van der Waals surface area contributed by atoms with Crippen molar-refractivity contribution in [3.63, 3.8) is 0 Å². The van der Waals surface area contributed by atoms with Crippen LogP contribution >= 0.6 is 11.6 Å². The van der Waals surface area contributed by atoms with E-state index in [-0.39, 0.29) is 29.0 Å². The van der Waals surface area contributed by atoms with Gasteiger partial charge in [-0.05, 0) is 19.4 Å². The first kappa shape index (κ1) is 19.0. The Labute approximate surface area is 150 Å². The number of phenolic OH excluding ortho intramolecular Hbond substituents is 2. The molecule has 134 valence electrons. The smallest absolute Gasteiger partial charge is 0.342 e. The van der Waals surface area contributed by atoms with Gasteiger partial charge in [0.15, 0.2) is 5.78 Å². The van der Waals surface area contributed by atoms with Crippen LogP contribution in [0.2, 0.25) is 5.02 Å². The number of hydrogen-bond donors (Lipinski definition) is 3. The number of rotatable bonds is 0. The number of fused-ring (bicyclic) bond motifs is 1. The number of aliphatic hydroxyl groups is 1. The molecule has 6 nitrogen and oxygen atoms in total. The van der Waals surface area contributed by atoms with Crippen molar-refractivity contribution in [3.05, 3.63) is 46.5 Å². The van der Waals surface area contributed by atoms with Crippen molar-refractivity contribution < 1.29 is 29.6 Å². The topological polar surface area (TPSA) is 104 Å². The van der Waals surface area contributed by atoms with Crippen LogP contribution in [-0.4, -0.2) is 39.3 Å². The number of phenols is 2. The van der Waals surface area contributed by atoms with E-state index in [9.17, 15) is 24.9 Å². The first-order valence-corrected chi connectivity index (χ1v) is 8.15. The quantitative estimate of drug-likeness (QED) is 0.481. The monoisotopic (exact) mass is 366 g/mol. The number of hydrogen-bond acceptors (Lipinski definition) is 6. The Bertz CT molecular complexity index is 738. The van der Waals surface area contributed by atoms with Crippen LogP contribution in [0.15, 0.2) is 30.4 Å². The Morgan fingerprint density at radius 1 is 1.16 bits per heavy atom. The summed E-state index contributed by atoms with van der Waals surface area (Å²) in [6.45, 7) is 1.66. The molecule has 0 saturated heterocycles. The lowest BCUT2D eigenvalue weighted by atomic mass is 9.99. The molecule has 2 unspecified atom stereocenters. The maximum Gasteiger partial charge on any atom is 0.342 e. The SMILES string of the molecule is CC1C/C=C/C(O)C/C=C/C(=O)Cc2c(Cl)c(O)cc(O)c2C(=O)O1. The van der Waals surface area contributed by atoms with Gasteiger partial charge in [0.2, 0.25) is 0 Å². The largest absolute Gasteiger partial charge is 0.507 e. The fourth-order valence-corrected chi connectivity index (χ4v) is 2.66. The van der Waals surface area contributed by atoms with Crippen LogP contribution in [0.3, 0.4) is 0 Å². The maximum absolute atomic E-state index is 12.4. The molecule has 1 heterocycles. The summed E-state index contributed by atoms with van der Waals surface area (Å²) in [4.78, 5) is 24.5. The lowest BCUT2D eigenvalue weighted by Crippen LogP contribution is -2.18. The number of halogens is 1. The second kappa shape index (κ2) is 8.18. The van der Waals surface area contributed by atoms with Gasteiger partial charge in [0.1, 0.15) is 23.2 Å². The molecule has 0 radical (unpaired) electrons. The number of benzene rings is 1. The highest BCUT2D eigenvalue weighted by molar-refractivity contribution is 6.33. The van der Waals surface area contributed by atoms with Crippen molar-refractivity contribution in [1.82, 2.24) is 0 Å². The van der Waals surface area contributed by atoms with Crippen LogP contribution in [0.4, 0.5) is 0 Å². The highest BCUT2D eigenvalue weighted by Crippen LogP contribution is 2.37. The van der Waals surface area contributed by atoms with Crippen molar-refractivity contribution in [3.8, 4) is 11.5 Å². The van der Waals surface area contributed by atoms with Crippen molar-refractivity contribution in [2.24, 2.45) is 0 Å². The third-order valence-electron chi connectivity index (χ3n) is 3.69. The molecule has 3 N–H and O–H groups in total. The lowest BCUT2D eigenvalue weighted by Gasteiger charge is -2.16. The zero-order chi connectivity index (χ0) is 18.6. The van der Waals surface area contributed by atoms with Crippen LogP contribution < -0.4 is 0 Å². The van der Waals surface area contributed by atoms with Gasteiger partial charge >= 0.3 is 5.97 Å². The number of allylic oxidation sites excluding steroid dienone is 1. The van der Waals surface area contributed by atoms with E-state index < -0.39 is 35.5 Å². The average molecular weight is 367 g/mol. The van der Waals surface area contributed by atoms with E-state index >= 15 is 0 Å². The van der Waals surface area contributed by atoms with Crippen LogP contribution in [0, 0.1) is 0 Å². The van der Waals surface area contributed by atoms with Gasteiger partial charge in [0.25, 0.3) is 0 Å². The van der Waals surface area contributed by atoms with E-state index in [1.807, 2.05) is 0 Å². The van der Waals surface area contributed by atoms with E-state index in [0.717, 1.165) is 6.07 Å². The summed E-state index contributed by atoms with van der Waals surface area (Å²) in [5.41, 5.74) is -0.239. The summed E-state index contributed by atoms with van der Waals surface area (Å²) in [6, 6.07) is 0.937. The van der Waals surface area contributed by atoms with Gasteiger partial charge in [-0.3, -0.25) is 4.79 Å². The van der Waals surface area contributed by atoms with Gasteiger partial charge in [-0.1, -0.05) is 29.8 Å². The zero-order valence-corrected chi connectivity index (χ0v) is 14.4. The minimum atomic E-state index is -0.843. The number of aromatic hydroxyl groups is 2. The number of carbonyl (C=O) groups excluding carboxylic acids is 2. The van der Waals surface area contributed by atoms with Crippen LogP contribution in [0.5, 0.6) is 11.5 Å². The standard InChI is InChI=1S/C18H19ClO6/c1-10-4-2-5-11(20)6-3-7-12(21)8-13-16(18(24)25-10)14(22)9-15(23)17(13)19/h2-3,5,7,9-11,20,22-23H,4,6,8H2,1H3/b5-2+,7-3+. The molecular formula is C18H19ClO6. The molecule has 0 amide bonds. The predicted molar refractivity (Wildman–Crippen MR) is 91.9 cm³/mol. The second-order valence-corrected chi connectivity index (χ2v) is 6.19. The Morgan fingerprint density at radius 3 is 2.60 bits per heavy atom. The van der Waals surface area contributed by atoms with Gasteiger partial charge in [-0.25, -0.2) is 4.79 Å². The first-order chi connectivity index (χ1) is 11.8. The summed E-state index contributed by atoms with van der Waals surface area (Å²) in [6.07, 6.45) is 5.06. The van der Waals surface area contributed by atoms with Gasteiger partial charge in [-0.2, -0.15) is 0 Å². The molecule has 2 atom stereocenters. The fourth-order valence-electron chi connectivity index (χ4n) is 2.45. The fraction of sp³-hybridized carbons (Fsp3) is 0.333. The van der Waals surface area contributed by atoms with Gasteiger partial charge < -0.3 is 20.1 Å². The van der Waals surface area contributed by atoms with Gasteiger partial charge in [0, 0.05) is 24.5 Å². The Balaban J connectivity index is 2.49. The number of cyclic esters (lactones) is 1. The van der Waals surface area contributed by atoms with Crippen molar-refractivity contribution in [1.29, 1.82) is 0 Å². The van der Waals surface area contributed by atoms with E-state index in [4.69, 9.17) is 16.3 Å². The number of aliphatic hydroxyl groups excluding tert-OH is 1. The lowest BCUT2D eigenvalue weighted by molar-refractivity contribution is -0.114. The molecule has 0 aromatic heterocycles. The second-order valence-electron chi connectivity index (χ2n) is 5.81. The molecule has 0 fully saturated rings. The van der Waals surface area contributed by atoms with E-state index in [0.29, 0.717) is 6.42 Å². The number of ketones is 1. The summed E-state index contributed by atoms with van der Waals surface area (Å²) in [7, 11) is 0. The molecular weight excluding hydrogens is 348 g/mol. The molecule has 1 aromatic rings. The zero-order valence-electron chi connectivity index (χ0n) is 13.6. The molecule has 1 aromatic carbocycles. The molecule has 7 heteroatoms. The molecule has 1 aliphatic rings. The normalized spacial score (nSPS) is 24.8. The first-order valence-electron chi connectivity index (χ1n) is 7.78. The number of ether oxygens (including phenoxy) is 1. The summed E-state index contributed by atoms with van der Waals surface area (Å²) >= 11 is 6.03. The van der Waals surface area contributed by atoms with Crippen molar-refractivity contribution >= 4 is 23.4 Å². The molecule has 25 heavy (non-hydrogen) atoms. The Hall–Kier alpha value is -2.31. The number of carbonyl (C=O) groups is 2. The maximum atomic E-state index is 12.4. The van der Waals surface area contributed by atoms with E-state index in [2.05, 4.69) is 0 Å². The third kappa shape index (κ3) is 4.84. The number of esters is 1. The average Bonchev–Trinajstić information content (AvgIpc) is 2.51. The molecule has 1 aliphatic heterocycles. The Kier molecular flexibility index (Phi) is 6.22. The predicted octanol–water partition coefficient (Wildman–Crippen LogP) is 2.68. The third-order valence-corrected chi connectivity index (χ3v) is 4.11. The van der Waals surface area contributed by atoms with Crippen LogP contribution in [0.1, 0.15) is 35.7 Å². The summed E-state index contributed by atoms with van der Waals surface area (Å²) in [5.74, 6) is -2.19. The van der Waals surface area contributed by atoms with Crippen molar-refractivity contribution in [2.75, 3.05) is 0 Å². The minimum absolute atomic E-state index is 0.000772. The molecule has 0 bridgehead atoms. The molecule has 0 saturated carbocycles. The molecule has 0 spiro atoms. The highest BCUT2D eigenvalue weighted by atomic mass is 35.5.